The minimum atomic E-state index is -2.68. The molecule has 362 valence electrons. The van der Waals surface area contributed by atoms with E-state index >= 15 is 0 Å². The average Bonchev–Trinajstić information content (AvgIpc) is 4.05. The molecule has 0 bridgehead atoms. The summed E-state index contributed by atoms with van der Waals surface area (Å²) in [5.74, 6) is 4.24. The Morgan fingerprint density at radius 2 is 1.04 bits per heavy atom. The lowest BCUT2D eigenvalue weighted by Crippen LogP contribution is -2.68. The van der Waals surface area contributed by atoms with Crippen LogP contribution in [-0.2, 0) is 49.1 Å². The Morgan fingerprint density at radius 1 is 0.582 bits per heavy atom. The van der Waals surface area contributed by atoms with Crippen LogP contribution >= 0.6 is 0 Å². The summed E-state index contributed by atoms with van der Waals surface area (Å²) in [7, 11) is 0.872. The Hall–Kier alpha value is -3.54. The summed E-state index contributed by atoms with van der Waals surface area (Å²) in [6.07, 6.45) is 10.6. The highest BCUT2D eigenvalue weighted by Crippen LogP contribution is 2.52. The molecule has 2 aliphatic heterocycles. The maximum atomic E-state index is 10.7. The van der Waals surface area contributed by atoms with Gasteiger partial charge < -0.3 is 38.0 Å². The van der Waals surface area contributed by atoms with Crippen molar-refractivity contribution in [2.45, 2.75) is 154 Å². The van der Waals surface area contributed by atoms with E-state index in [-0.39, 0.29) is 29.5 Å². The zero-order valence-corrected chi connectivity index (χ0v) is 42.8. The molecule has 0 unspecified atom stereocenters. The third-order valence-electron chi connectivity index (χ3n) is 16.6. The summed E-state index contributed by atoms with van der Waals surface area (Å²) in [4.78, 5) is 0. The van der Waals surface area contributed by atoms with Crippen LogP contribution in [0.4, 0.5) is 0 Å². The van der Waals surface area contributed by atoms with Crippen LogP contribution in [-0.4, -0.2) is 76.8 Å². The highest BCUT2D eigenvalue weighted by Gasteiger charge is 2.56. The maximum absolute atomic E-state index is 10.7. The van der Waals surface area contributed by atoms with E-state index in [0.717, 1.165) is 75.7 Å². The van der Waals surface area contributed by atoms with Gasteiger partial charge in [-0.25, -0.2) is 0 Å². The van der Waals surface area contributed by atoms with Crippen LogP contribution in [0.25, 0.3) is 0 Å². The number of benzene rings is 4. The van der Waals surface area contributed by atoms with Gasteiger partial charge >= 0.3 is 0 Å². The maximum Gasteiger partial charge on any atom is 0.261 e. The van der Waals surface area contributed by atoms with Crippen LogP contribution in [0.1, 0.15) is 109 Å². The third-order valence-corrected chi connectivity index (χ3v) is 21.7. The molecule has 4 aromatic carbocycles. The fourth-order valence-corrected chi connectivity index (χ4v) is 18.3. The van der Waals surface area contributed by atoms with Crippen molar-refractivity contribution >= 4 is 18.7 Å². The van der Waals surface area contributed by atoms with Crippen molar-refractivity contribution in [1.82, 2.24) is 0 Å². The van der Waals surface area contributed by atoms with Crippen molar-refractivity contribution < 1.29 is 38.0 Å². The fraction of sp³-hybridized carbons (Fsp3) is 0.586. The molecule has 0 amide bonds. The van der Waals surface area contributed by atoms with Gasteiger partial charge in [-0.1, -0.05) is 106 Å². The Balaban J connectivity index is 0.000000191. The molecule has 6 aliphatic rings. The van der Waals surface area contributed by atoms with E-state index in [1.165, 1.54) is 32.6 Å². The van der Waals surface area contributed by atoms with E-state index in [4.69, 9.17) is 32.8 Å². The second kappa shape index (κ2) is 19.7. The second-order valence-corrected chi connectivity index (χ2v) is 26.9. The van der Waals surface area contributed by atoms with Gasteiger partial charge in [0.15, 0.2) is 11.6 Å². The SMILES string of the molecule is COc1cccc2c1C[C@H]1C[C@@H](O)[C@H](CC[C@@H]3COC(C)(C)O3)[C@H]1C2.COc1cccc2c1C[C@H]1C[C@@H](O[Si](c3ccccc3)(c3ccccc3)C(C)(C)C)[C@H](CC[C@@H]3COC(C)(C)O3)[C@H]1C2. The Labute approximate surface area is 402 Å². The molecule has 0 aromatic heterocycles. The normalized spacial score (nSPS) is 30.4. The lowest BCUT2D eigenvalue weighted by Gasteiger charge is -2.46. The molecular formula is C58H78O8Si. The van der Waals surface area contributed by atoms with Gasteiger partial charge in [0.05, 0.1) is 45.7 Å². The summed E-state index contributed by atoms with van der Waals surface area (Å²) in [5.41, 5.74) is 5.61. The van der Waals surface area contributed by atoms with Crippen LogP contribution in [0.2, 0.25) is 5.04 Å². The van der Waals surface area contributed by atoms with E-state index in [1.807, 2.05) is 27.7 Å². The first kappa shape index (κ1) is 48.5. The van der Waals surface area contributed by atoms with Gasteiger partial charge in [0.1, 0.15) is 11.5 Å². The molecule has 9 heteroatoms. The molecular weight excluding hydrogens is 853 g/mol. The Bertz CT molecular complexity index is 2230. The molecule has 1 N–H and O–H groups in total. The van der Waals surface area contributed by atoms with Crippen LogP contribution in [0, 0.1) is 35.5 Å². The minimum Gasteiger partial charge on any atom is -0.496 e. The lowest BCUT2D eigenvalue weighted by atomic mass is 9.73. The van der Waals surface area contributed by atoms with E-state index < -0.39 is 19.9 Å². The number of methoxy groups -OCH3 is 2. The number of aliphatic hydroxyl groups excluding tert-OH is 1. The molecule has 8 nitrogen and oxygen atoms in total. The number of aliphatic hydroxyl groups is 1. The Morgan fingerprint density at radius 3 is 1.49 bits per heavy atom. The molecule has 67 heavy (non-hydrogen) atoms. The first-order chi connectivity index (χ1) is 32.1. The highest BCUT2D eigenvalue weighted by molar-refractivity contribution is 6.99. The van der Waals surface area contributed by atoms with Crippen molar-refractivity contribution in [2.24, 2.45) is 35.5 Å². The molecule has 2 saturated heterocycles. The Kier molecular flexibility index (Phi) is 14.2. The summed E-state index contributed by atoms with van der Waals surface area (Å²) < 4.78 is 43.1. The quantitative estimate of drug-likeness (QED) is 0.141. The van der Waals surface area contributed by atoms with Gasteiger partial charge in [-0.05, 0) is 177 Å². The van der Waals surface area contributed by atoms with Crippen molar-refractivity contribution in [3.8, 4) is 11.5 Å². The number of ether oxygens (including phenoxy) is 6. The van der Waals surface area contributed by atoms with E-state index in [0.29, 0.717) is 48.7 Å². The van der Waals surface area contributed by atoms with Crippen molar-refractivity contribution in [3.05, 3.63) is 119 Å². The standard InChI is InChI=1S/C37H48O4Si.C21H30O4/c1-36(2,3)42(29-15-9-7-10-16-29,30-17-11-8-12-18-30)41-35-24-27-23-33-26(14-13-19-34(33)38-6)22-32(27)31(35)21-20-28-25-39-37(4,5)40-28;1-21(2)24-12-15(25-21)7-8-16-17-9-13-5-4-6-20(23-3)18(13)10-14(17)11-19(16)22/h7-19,27-28,31-32,35H,20-25H2,1-6H3;4-6,14-17,19,22H,7-12H2,1-3H3/t27-,28+,31+,32-,35+;14-,15+,16+,17-,19+/m00/s1. The largest absolute Gasteiger partial charge is 0.496 e. The van der Waals surface area contributed by atoms with Gasteiger partial charge in [0.25, 0.3) is 8.32 Å². The van der Waals surface area contributed by atoms with Crippen LogP contribution in [0.5, 0.6) is 11.5 Å². The van der Waals surface area contributed by atoms with Crippen LogP contribution < -0.4 is 19.8 Å². The molecule has 0 spiro atoms. The average molecular weight is 931 g/mol. The van der Waals surface area contributed by atoms with Crippen LogP contribution in [0.15, 0.2) is 97.1 Å². The zero-order chi connectivity index (χ0) is 47.1. The molecule has 4 aromatic rings. The monoisotopic (exact) mass is 931 g/mol. The molecule has 0 radical (unpaired) electrons. The number of fused-ring (bicyclic) bond motifs is 4. The number of rotatable bonds is 12. The highest BCUT2D eigenvalue weighted by atomic mass is 28.4. The van der Waals surface area contributed by atoms with E-state index in [2.05, 4.69) is 118 Å². The zero-order valence-electron chi connectivity index (χ0n) is 41.8. The van der Waals surface area contributed by atoms with E-state index in [9.17, 15) is 5.11 Å². The molecule has 10 atom stereocenters. The molecule has 2 heterocycles. The molecule has 4 aliphatic carbocycles. The van der Waals surface area contributed by atoms with Crippen molar-refractivity contribution in [2.75, 3.05) is 27.4 Å². The summed E-state index contributed by atoms with van der Waals surface area (Å²) in [6.45, 7) is 16.5. The predicted molar refractivity (Wildman–Crippen MR) is 268 cm³/mol. The third kappa shape index (κ3) is 10.1. The van der Waals surface area contributed by atoms with Gasteiger partial charge in [-0.3, -0.25) is 0 Å². The van der Waals surface area contributed by atoms with Gasteiger partial charge in [-0.2, -0.15) is 0 Å². The molecule has 2 saturated carbocycles. The summed E-state index contributed by atoms with van der Waals surface area (Å²) >= 11 is 0. The van der Waals surface area contributed by atoms with Crippen LogP contribution in [0.3, 0.4) is 0 Å². The number of hydrogen-bond donors (Lipinski definition) is 1. The lowest BCUT2D eigenvalue weighted by molar-refractivity contribution is -0.140. The fourth-order valence-electron chi connectivity index (χ4n) is 13.6. The van der Waals surface area contributed by atoms with Crippen molar-refractivity contribution in [1.29, 1.82) is 0 Å². The van der Waals surface area contributed by atoms with Crippen molar-refractivity contribution in [3.63, 3.8) is 0 Å². The first-order valence-electron chi connectivity index (χ1n) is 25.5. The van der Waals surface area contributed by atoms with Gasteiger partial charge in [0.2, 0.25) is 0 Å². The molecule has 10 rings (SSSR count). The van der Waals surface area contributed by atoms with Gasteiger partial charge in [0, 0.05) is 6.10 Å². The minimum absolute atomic E-state index is 0.0490. The predicted octanol–water partition coefficient (Wildman–Crippen LogP) is 10.3. The second-order valence-electron chi connectivity index (χ2n) is 22.6. The summed E-state index contributed by atoms with van der Waals surface area (Å²) in [6, 6.07) is 35.2. The number of hydrogen-bond acceptors (Lipinski definition) is 8. The van der Waals surface area contributed by atoms with Gasteiger partial charge in [-0.15, -0.1) is 0 Å². The van der Waals surface area contributed by atoms with E-state index in [1.54, 1.807) is 14.2 Å². The molecule has 4 fully saturated rings. The summed E-state index contributed by atoms with van der Waals surface area (Å²) in [5, 5.41) is 13.4. The topological polar surface area (TPSA) is 84.8 Å². The first-order valence-corrected chi connectivity index (χ1v) is 27.4. The smallest absolute Gasteiger partial charge is 0.261 e.